The zero-order valence-electron chi connectivity index (χ0n) is 12.5. The number of benzene rings is 2. The molecule has 0 saturated heterocycles. The van der Waals surface area contributed by atoms with Gasteiger partial charge in [-0.2, -0.15) is 0 Å². The number of rotatable bonds is 5. The Balaban J connectivity index is 2.07. The van der Waals surface area contributed by atoms with Gasteiger partial charge in [0.05, 0.1) is 5.56 Å². The molecule has 0 aliphatic carbocycles. The van der Waals surface area contributed by atoms with Crippen molar-refractivity contribution in [1.29, 1.82) is 0 Å². The minimum atomic E-state index is -0.964. The number of allylic oxidation sites excluding steroid dienone is 2. The molecule has 0 spiro atoms. The molecule has 2 aromatic rings. The van der Waals surface area contributed by atoms with E-state index in [1.807, 2.05) is 19.1 Å². The minimum Gasteiger partial charge on any atom is -0.478 e. The monoisotopic (exact) mass is 295 g/mol. The normalized spacial score (nSPS) is 11.1. The van der Waals surface area contributed by atoms with E-state index in [0.717, 1.165) is 11.3 Å². The molecule has 0 amide bonds. The lowest BCUT2D eigenvalue weighted by atomic mass is 10.1. The Bertz CT molecular complexity index is 713. The Morgan fingerprint density at radius 2 is 1.50 bits per heavy atom. The van der Waals surface area contributed by atoms with Gasteiger partial charge in [0.15, 0.2) is 5.78 Å². The predicted molar refractivity (Wildman–Crippen MR) is 86.3 cm³/mol. The minimum absolute atomic E-state index is 0.0767. The van der Waals surface area contributed by atoms with Gasteiger partial charge in [0.2, 0.25) is 0 Å². The van der Waals surface area contributed by atoms with Crippen molar-refractivity contribution in [3.63, 3.8) is 0 Å². The Hall–Kier alpha value is -2.88. The van der Waals surface area contributed by atoms with Crippen LogP contribution in [0, 0.1) is 6.92 Å². The van der Waals surface area contributed by atoms with Crippen LogP contribution in [0.25, 0.3) is 0 Å². The van der Waals surface area contributed by atoms with Crippen LogP contribution in [0.2, 0.25) is 0 Å². The molecule has 0 unspecified atom stereocenters. The van der Waals surface area contributed by atoms with Crippen molar-refractivity contribution in [2.45, 2.75) is 13.8 Å². The smallest absolute Gasteiger partial charge is 0.335 e. The molecule has 0 radical (unpaired) electrons. The van der Waals surface area contributed by atoms with E-state index < -0.39 is 5.97 Å². The van der Waals surface area contributed by atoms with E-state index in [9.17, 15) is 9.59 Å². The summed E-state index contributed by atoms with van der Waals surface area (Å²) in [7, 11) is 0. The first-order chi connectivity index (χ1) is 10.5. The number of ketones is 1. The van der Waals surface area contributed by atoms with Crippen molar-refractivity contribution in [2.24, 2.45) is 0 Å². The van der Waals surface area contributed by atoms with Crippen LogP contribution in [0.15, 0.2) is 60.3 Å². The fraction of sp³-hybridized carbons (Fsp3) is 0.111. The van der Waals surface area contributed by atoms with Crippen molar-refractivity contribution in [2.75, 3.05) is 5.32 Å². The molecule has 0 aliphatic rings. The molecule has 112 valence electrons. The van der Waals surface area contributed by atoms with Crippen LogP contribution < -0.4 is 5.32 Å². The summed E-state index contributed by atoms with van der Waals surface area (Å²) in [6.07, 6.45) is 1.52. The number of aromatic carboxylic acids is 1. The average molecular weight is 295 g/mol. The molecule has 0 aliphatic heterocycles. The second-order valence-corrected chi connectivity index (χ2v) is 5.07. The predicted octanol–water partition coefficient (Wildman–Crippen LogP) is 3.89. The summed E-state index contributed by atoms with van der Waals surface area (Å²) in [5.74, 6) is -1.04. The number of anilines is 1. The first-order valence-electron chi connectivity index (χ1n) is 6.85. The van der Waals surface area contributed by atoms with E-state index in [2.05, 4.69) is 5.32 Å². The standard InChI is InChI=1S/C18H17NO3/c1-12-3-5-14(6-4-12)17(20)11-13(2)19-16-9-7-15(8-10-16)18(21)22/h3-11,19H,1-2H3,(H,21,22). The molecule has 2 N–H and O–H groups in total. The lowest BCUT2D eigenvalue weighted by Crippen LogP contribution is -2.02. The third-order valence-electron chi connectivity index (χ3n) is 3.16. The summed E-state index contributed by atoms with van der Waals surface area (Å²) in [6.45, 7) is 3.76. The van der Waals surface area contributed by atoms with E-state index in [0.29, 0.717) is 11.3 Å². The van der Waals surface area contributed by atoms with Gasteiger partial charge in [-0.05, 0) is 38.1 Å². The maximum atomic E-state index is 12.1. The number of carbonyl (C=O) groups is 2. The first kappa shape index (κ1) is 15.5. The zero-order chi connectivity index (χ0) is 16.1. The third-order valence-corrected chi connectivity index (χ3v) is 3.16. The summed E-state index contributed by atoms with van der Waals surface area (Å²) < 4.78 is 0. The summed E-state index contributed by atoms with van der Waals surface area (Å²) in [6, 6.07) is 13.7. The lowest BCUT2D eigenvalue weighted by Gasteiger charge is -2.07. The van der Waals surface area contributed by atoms with Gasteiger partial charge in [-0.25, -0.2) is 4.79 Å². The fourth-order valence-corrected chi connectivity index (χ4v) is 1.96. The molecule has 4 heteroatoms. The van der Waals surface area contributed by atoms with Crippen LogP contribution in [0.5, 0.6) is 0 Å². The number of carboxylic acid groups (broad SMARTS) is 1. The van der Waals surface area contributed by atoms with Gasteiger partial charge in [-0.1, -0.05) is 29.8 Å². The van der Waals surface area contributed by atoms with Crippen LogP contribution in [-0.4, -0.2) is 16.9 Å². The summed E-state index contributed by atoms with van der Waals surface area (Å²) in [5, 5.41) is 11.9. The van der Waals surface area contributed by atoms with Crippen molar-refractivity contribution < 1.29 is 14.7 Å². The van der Waals surface area contributed by atoms with E-state index in [1.165, 1.54) is 18.2 Å². The van der Waals surface area contributed by atoms with Gasteiger partial charge in [0, 0.05) is 23.0 Å². The molecule has 4 nitrogen and oxygen atoms in total. The molecule has 0 bridgehead atoms. The molecule has 0 atom stereocenters. The summed E-state index contributed by atoms with van der Waals surface area (Å²) in [4.78, 5) is 22.9. The largest absolute Gasteiger partial charge is 0.478 e. The van der Waals surface area contributed by atoms with Crippen molar-refractivity contribution in [3.8, 4) is 0 Å². The van der Waals surface area contributed by atoms with Crippen molar-refractivity contribution in [1.82, 2.24) is 0 Å². The lowest BCUT2D eigenvalue weighted by molar-refractivity contribution is 0.0696. The number of hydrogen-bond acceptors (Lipinski definition) is 3. The van der Waals surface area contributed by atoms with E-state index in [1.54, 1.807) is 31.2 Å². The Morgan fingerprint density at radius 1 is 0.955 bits per heavy atom. The highest BCUT2D eigenvalue weighted by Gasteiger charge is 2.04. The molecule has 0 heterocycles. The van der Waals surface area contributed by atoms with Crippen molar-refractivity contribution in [3.05, 3.63) is 77.0 Å². The van der Waals surface area contributed by atoms with Crippen LogP contribution in [0.3, 0.4) is 0 Å². The van der Waals surface area contributed by atoms with Crippen LogP contribution >= 0.6 is 0 Å². The second-order valence-electron chi connectivity index (χ2n) is 5.07. The van der Waals surface area contributed by atoms with Crippen LogP contribution in [-0.2, 0) is 0 Å². The third kappa shape index (κ3) is 4.06. The van der Waals surface area contributed by atoms with Gasteiger partial charge in [-0.15, -0.1) is 0 Å². The topological polar surface area (TPSA) is 66.4 Å². The van der Waals surface area contributed by atoms with Gasteiger partial charge in [0.25, 0.3) is 0 Å². The maximum Gasteiger partial charge on any atom is 0.335 e. The molecule has 22 heavy (non-hydrogen) atoms. The number of carboxylic acids is 1. The molecule has 2 rings (SSSR count). The van der Waals surface area contributed by atoms with Gasteiger partial charge in [0.1, 0.15) is 0 Å². The molecule has 0 saturated carbocycles. The maximum absolute atomic E-state index is 12.1. The number of hydrogen-bond donors (Lipinski definition) is 2. The molecular formula is C18H17NO3. The number of nitrogens with one attached hydrogen (secondary N) is 1. The number of aryl methyl sites for hydroxylation is 1. The van der Waals surface area contributed by atoms with E-state index in [-0.39, 0.29) is 11.3 Å². The Labute approximate surface area is 129 Å². The zero-order valence-corrected chi connectivity index (χ0v) is 12.5. The Morgan fingerprint density at radius 3 is 2.05 bits per heavy atom. The number of carbonyl (C=O) groups excluding carboxylic acids is 1. The highest BCUT2D eigenvalue weighted by atomic mass is 16.4. The second kappa shape index (κ2) is 6.72. The fourth-order valence-electron chi connectivity index (χ4n) is 1.96. The van der Waals surface area contributed by atoms with Gasteiger partial charge < -0.3 is 10.4 Å². The molecular weight excluding hydrogens is 278 g/mol. The average Bonchev–Trinajstić information content (AvgIpc) is 2.48. The molecule has 0 fully saturated rings. The van der Waals surface area contributed by atoms with Crippen molar-refractivity contribution >= 4 is 17.4 Å². The van der Waals surface area contributed by atoms with E-state index >= 15 is 0 Å². The van der Waals surface area contributed by atoms with Crippen LogP contribution in [0.4, 0.5) is 5.69 Å². The van der Waals surface area contributed by atoms with E-state index in [4.69, 9.17) is 5.11 Å². The summed E-state index contributed by atoms with van der Waals surface area (Å²) >= 11 is 0. The molecule has 0 aromatic heterocycles. The quantitative estimate of drug-likeness (QED) is 0.648. The Kier molecular flexibility index (Phi) is 4.73. The summed E-state index contributed by atoms with van der Waals surface area (Å²) in [5.41, 5.74) is 3.38. The van der Waals surface area contributed by atoms with Gasteiger partial charge in [-0.3, -0.25) is 4.79 Å². The first-order valence-corrected chi connectivity index (χ1v) is 6.85. The van der Waals surface area contributed by atoms with Crippen LogP contribution in [0.1, 0.15) is 33.2 Å². The molecule has 2 aromatic carbocycles. The highest BCUT2D eigenvalue weighted by molar-refractivity contribution is 6.05. The highest BCUT2D eigenvalue weighted by Crippen LogP contribution is 2.13. The van der Waals surface area contributed by atoms with Gasteiger partial charge >= 0.3 is 5.97 Å². The SMILES string of the molecule is CC(=CC(=O)c1ccc(C)cc1)Nc1ccc(C(=O)O)cc1.